The molecule has 0 radical (unpaired) electrons. The van der Waals surface area contributed by atoms with E-state index in [1.807, 2.05) is 6.92 Å². The van der Waals surface area contributed by atoms with E-state index in [1.54, 1.807) is 31.2 Å². The quantitative estimate of drug-likeness (QED) is 0.491. The summed E-state index contributed by atoms with van der Waals surface area (Å²) in [5.74, 6) is -0.928. The average Bonchev–Trinajstić information content (AvgIpc) is 2.75. The van der Waals surface area contributed by atoms with Gasteiger partial charge in [-0.1, -0.05) is 59.9 Å². The van der Waals surface area contributed by atoms with Gasteiger partial charge in [-0.3, -0.25) is 13.9 Å². The van der Waals surface area contributed by atoms with E-state index in [9.17, 15) is 18.0 Å². The summed E-state index contributed by atoms with van der Waals surface area (Å²) in [7, 11) is -3.86. The number of nitrogens with zero attached hydrogens (tertiary/aromatic N) is 2. The molecule has 11 heteroatoms. The van der Waals surface area contributed by atoms with Crippen molar-refractivity contribution in [3.05, 3.63) is 63.1 Å². The number of nitrogens with one attached hydrogen (secondary N) is 1. The smallest absolute Gasteiger partial charge is 0.244 e. The predicted octanol–water partition coefficient (Wildman–Crippen LogP) is 4.36. The van der Waals surface area contributed by atoms with E-state index < -0.39 is 28.5 Å². The lowest BCUT2D eigenvalue weighted by molar-refractivity contribution is -0.139. The summed E-state index contributed by atoms with van der Waals surface area (Å²) >= 11 is 18.3. The van der Waals surface area contributed by atoms with Crippen LogP contribution in [0.5, 0.6) is 0 Å². The summed E-state index contributed by atoms with van der Waals surface area (Å²) in [6.07, 6.45) is 1.72. The van der Waals surface area contributed by atoms with Gasteiger partial charge in [-0.05, 0) is 43.2 Å². The Labute approximate surface area is 209 Å². The fourth-order valence-corrected chi connectivity index (χ4v) is 4.37. The van der Waals surface area contributed by atoms with Crippen molar-refractivity contribution in [2.45, 2.75) is 32.9 Å². The minimum atomic E-state index is -3.86. The zero-order chi connectivity index (χ0) is 24.8. The van der Waals surface area contributed by atoms with Crippen molar-refractivity contribution >= 4 is 62.3 Å². The lowest BCUT2D eigenvalue weighted by Crippen LogP contribution is -2.51. The van der Waals surface area contributed by atoms with Gasteiger partial charge in [0.15, 0.2) is 0 Å². The maximum atomic E-state index is 13.4. The molecule has 0 aliphatic rings. The summed E-state index contributed by atoms with van der Waals surface area (Å²) in [5, 5.41) is 3.60. The first-order chi connectivity index (χ1) is 15.5. The molecule has 0 aromatic heterocycles. The number of halogens is 3. The van der Waals surface area contributed by atoms with Crippen LogP contribution in [0.15, 0.2) is 42.5 Å². The number of carbonyl (C=O) groups is 2. The van der Waals surface area contributed by atoms with Crippen molar-refractivity contribution in [2.24, 2.45) is 0 Å². The Bertz CT molecular complexity index is 1110. The van der Waals surface area contributed by atoms with Crippen molar-refractivity contribution in [3.63, 3.8) is 0 Å². The van der Waals surface area contributed by atoms with E-state index in [0.29, 0.717) is 17.1 Å². The molecule has 1 N–H and O–H groups in total. The van der Waals surface area contributed by atoms with Gasteiger partial charge < -0.3 is 10.2 Å². The van der Waals surface area contributed by atoms with Crippen molar-refractivity contribution in [3.8, 4) is 0 Å². The zero-order valence-corrected chi connectivity index (χ0v) is 21.6. The third-order valence-electron chi connectivity index (χ3n) is 4.89. The molecule has 0 fully saturated rings. The molecular formula is C22H26Cl3N3O4S. The van der Waals surface area contributed by atoms with E-state index in [0.717, 1.165) is 17.0 Å². The zero-order valence-electron chi connectivity index (χ0n) is 18.5. The van der Waals surface area contributed by atoms with Crippen LogP contribution in [0.1, 0.15) is 25.8 Å². The SMILES string of the molecule is CCCNC(=O)[C@H](C)N(Cc1ccccc1Cl)C(=O)CN(c1ccc(Cl)c(Cl)c1)S(C)(=O)=O. The average molecular weight is 535 g/mol. The molecule has 2 amide bonds. The van der Waals surface area contributed by atoms with Crippen molar-refractivity contribution in [2.75, 3.05) is 23.7 Å². The van der Waals surface area contributed by atoms with Gasteiger partial charge in [0, 0.05) is 18.1 Å². The van der Waals surface area contributed by atoms with Crippen molar-refractivity contribution < 1.29 is 18.0 Å². The van der Waals surface area contributed by atoms with E-state index >= 15 is 0 Å². The van der Waals surface area contributed by atoms with Crippen LogP contribution in [0.4, 0.5) is 5.69 Å². The first-order valence-electron chi connectivity index (χ1n) is 10.2. The third-order valence-corrected chi connectivity index (χ3v) is 7.13. The highest BCUT2D eigenvalue weighted by Crippen LogP contribution is 2.29. The van der Waals surface area contributed by atoms with Crippen LogP contribution in [0.25, 0.3) is 0 Å². The molecule has 0 unspecified atom stereocenters. The van der Waals surface area contributed by atoms with E-state index in [2.05, 4.69) is 5.32 Å². The lowest BCUT2D eigenvalue weighted by Gasteiger charge is -2.31. The number of hydrogen-bond acceptors (Lipinski definition) is 4. The van der Waals surface area contributed by atoms with Gasteiger partial charge in [0.2, 0.25) is 21.8 Å². The molecular weight excluding hydrogens is 509 g/mol. The fraction of sp³-hybridized carbons (Fsp3) is 0.364. The predicted molar refractivity (Wildman–Crippen MR) is 133 cm³/mol. The normalized spacial score (nSPS) is 12.2. The minimum absolute atomic E-state index is 0.0260. The van der Waals surface area contributed by atoms with Crippen LogP contribution >= 0.6 is 34.8 Å². The monoisotopic (exact) mass is 533 g/mol. The molecule has 1 atom stereocenters. The minimum Gasteiger partial charge on any atom is -0.354 e. The Kier molecular flexibility index (Phi) is 9.84. The molecule has 33 heavy (non-hydrogen) atoms. The summed E-state index contributed by atoms with van der Waals surface area (Å²) in [4.78, 5) is 27.4. The second-order valence-electron chi connectivity index (χ2n) is 7.45. The van der Waals surface area contributed by atoms with Gasteiger partial charge in [0.1, 0.15) is 12.6 Å². The summed E-state index contributed by atoms with van der Waals surface area (Å²) in [5.41, 5.74) is 0.809. The Balaban J connectivity index is 2.40. The number of amides is 2. The molecule has 0 saturated heterocycles. The maximum absolute atomic E-state index is 13.4. The summed E-state index contributed by atoms with van der Waals surface area (Å²) in [6.45, 7) is 3.45. The van der Waals surface area contributed by atoms with Gasteiger partial charge >= 0.3 is 0 Å². The number of anilines is 1. The molecule has 2 aromatic rings. The molecule has 0 saturated carbocycles. The largest absolute Gasteiger partial charge is 0.354 e. The van der Waals surface area contributed by atoms with Gasteiger partial charge in [-0.25, -0.2) is 8.42 Å². The van der Waals surface area contributed by atoms with Crippen molar-refractivity contribution in [1.29, 1.82) is 0 Å². The Hall–Kier alpha value is -2.00. The molecule has 2 rings (SSSR count). The highest BCUT2D eigenvalue weighted by atomic mass is 35.5. The summed E-state index contributed by atoms with van der Waals surface area (Å²) < 4.78 is 26.0. The highest BCUT2D eigenvalue weighted by molar-refractivity contribution is 7.92. The topological polar surface area (TPSA) is 86.8 Å². The maximum Gasteiger partial charge on any atom is 0.244 e. The molecule has 180 valence electrons. The van der Waals surface area contributed by atoms with Gasteiger partial charge in [-0.15, -0.1) is 0 Å². The van der Waals surface area contributed by atoms with E-state index in [1.165, 1.54) is 23.1 Å². The van der Waals surface area contributed by atoms with Gasteiger partial charge in [0.25, 0.3) is 0 Å². The summed E-state index contributed by atoms with van der Waals surface area (Å²) in [6, 6.07) is 10.4. The number of hydrogen-bond donors (Lipinski definition) is 1. The molecule has 2 aromatic carbocycles. The first-order valence-corrected chi connectivity index (χ1v) is 13.2. The molecule has 0 bridgehead atoms. The number of benzene rings is 2. The van der Waals surface area contributed by atoms with Crippen LogP contribution in [0.3, 0.4) is 0 Å². The lowest BCUT2D eigenvalue weighted by atomic mass is 10.1. The first kappa shape index (κ1) is 27.2. The standard InChI is InChI=1S/C22H26Cl3N3O4S/c1-4-11-26-22(30)15(2)27(13-16-7-5-6-8-18(16)23)21(29)14-28(33(3,31)32)17-9-10-19(24)20(25)12-17/h5-10,12,15H,4,11,13-14H2,1-3H3,(H,26,30)/t15-/m0/s1. The number of rotatable bonds is 10. The molecule has 0 aliphatic heterocycles. The van der Waals surface area contributed by atoms with E-state index in [4.69, 9.17) is 34.8 Å². The van der Waals surface area contributed by atoms with Crippen LogP contribution < -0.4 is 9.62 Å². The van der Waals surface area contributed by atoms with Gasteiger partial charge in [0.05, 0.1) is 22.0 Å². The Morgan fingerprint density at radius 2 is 1.70 bits per heavy atom. The molecule has 0 aliphatic carbocycles. The number of carbonyl (C=O) groups excluding carboxylic acids is 2. The van der Waals surface area contributed by atoms with E-state index in [-0.39, 0.29) is 28.2 Å². The number of sulfonamides is 1. The molecule has 0 spiro atoms. The van der Waals surface area contributed by atoms with Crippen LogP contribution in [0.2, 0.25) is 15.1 Å². The molecule has 7 nitrogen and oxygen atoms in total. The van der Waals surface area contributed by atoms with Crippen LogP contribution in [-0.2, 0) is 26.2 Å². The van der Waals surface area contributed by atoms with Crippen LogP contribution in [-0.4, -0.2) is 50.5 Å². The molecule has 0 heterocycles. The van der Waals surface area contributed by atoms with Crippen molar-refractivity contribution in [1.82, 2.24) is 10.2 Å². The Morgan fingerprint density at radius 1 is 1.03 bits per heavy atom. The van der Waals surface area contributed by atoms with Crippen LogP contribution in [0, 0.1) is 0 Å². The third kappa shape index (κ3) is 7.50. The second kappa shape index (κ2) is 11.9. The van der Waals surface area contributed by atoms with Gasteiger partial charge in [-0.2, -0.15) is 0 Å². The highest BCUT2D eigenvalue weighted by Gasteiger charge is 2.30. The second-order valence-corrected chi connectivity index (χ2v) is 10.6. The Morgan fingerprint density at radius 3 is 2.27 bits per heavy atom. The fourth-order valence-electron chi connectivity index (χ4n) is 3.04.